The largest absolute Gasteiger partial charge is 0.392 e. The van der Waals surface area contributed by atoms with Crippen molar-refractivity contribution in [3.05, 3.63) is 47.1 Å². The molecule has 0 bridgehead atoms. The first-order valence-corrected chi connectivity index (χ1v) is 8.55. The Morgan fingerprint density at radius 1 is 1.19 bits per heavy atom. The van der Waals surface area contributed by atoms with Gasteiger partial charge in [-0.25, -0.2) is 0 Å². The number of aromatic nitrogens is 2. The van der Waals surface area contributed by atoms with E-state index < -0.39 is 10.8 Å². The molecular formula is C15H20N2O3S. The van der Waals surface area contributed by atoms with E-state index in [1.165, 1.54) is 0 Å². The minimum atomic E-state index is -1.07. The maximum atomic E-state index is 12.1. The second-order valence-corrected chi connectivity index (χ2v) is 6.37. The van der Waals surface area contributed by atoms with Crippen LogP contribution in [0.15, 0.2) is 28.8 Å². The van der Waals surface area contributed by atoms with Gasteiger partial charge in [0.05, 0.1) is 12.4 Å². The fourth-order valence-corrected chi connectivity index (χ4v) is 2.97. The summed E-state index contributed by atoms with van der Waals surface area (Å²) in [5, 5.41) is 12.8. The molecule has 1 unspecified atom stereocenters. The number of rotatable bonds is 8. The number of unbranched alkanes of at least 4 members (excludes halogenated alkanes) is 1. The first-order chi connectivity index (χ1) is 10.2. The molecule has 1 aromatic carbocycles. The topological polar surface area (TPSA) is 76.2 Å². The van der Waals surface area contributed by atoms with Crippen molar-refractivity contribution in [3.63, 3.8) is 0 Å². The molecule has 0 fully saturated rings. The quantitative estimate of drug-likeness (QED) is 0.810. The van der Waals surface area contributed by atoms with E-state index in [9.17, 15) is 4.21 Å². The van der Waals surface area contributed by atoms with Crippen molar-refractivity contribution >= 4 is 10.8 Å². The molecule has 1 heterocycles. The van der Waals surface area contributed by atoms with Crippen LogP contribution in [0.4, 0.5) is 0 Å². The van der Waals surface area contributed by atoms with Crippen molar-refractivity contribution in [1.29, 1.82) is 0 Å². The number of benzene rings is 1. The van der Waals surface area contributed by atoms with Crippen LogP contribution in [0, 0.1) is 0 Å². The van der Waals surface area contributed by atoms with Crippen molar-refractivity contribution in [3.8, 4) is 0 Å². The molecule has 21 heavy (non-hydrogen) atoms. The Kier molecular flexibility index (Phi) is 6.07. The summed E-state index contributed by atoms with van der Waals surface area (Å²) in [5.74, 6) is 1.88. The highest BCUT2D eigenvalue weighted by molar-refractivity contribution is 7.83. The maximum Gasteiger partial charge on any atom is 0.226 e. The van der Waals surface area contributed by atoms with Crippen LogP contribution in [-0.2, 0) is 35.3 Å². The monoisotopic (exact) mass is 308 g/mol. The fraction of sp³-hybridized carbons (Fsp3) is 0.467. The van der Waals surface area contributed by atoms with Gasteiger partial charge in [0.2, 0.25) is 5.89 Å². The van der Waals surface area contributed by atoms with E-state index in [2.05, 4.69) is 17.1 Å². The molecular weight excluding hydrogens is 288 g/mol. The normalized spacial score (nSPS) is 12.5. The number of nitrogens with zero attached hydrogens (tertiary/aromatic N) is 2. The van der Waals surface area contributed by atoms with Crippen LogP contribution in [0.2, 0.25) is 0 Å². The molecule has 0 aliphatic carbocycles. The summed E-state index contributed by atoms with van der Waals surface area (Å²) >= 11 is 0. The Bertz CT molecular complexity index is 581. The lowest BCUT2D eigenvalue weighted by molar-refractivity contribution is 0.282. The van der Waals surface area contributed by atoms with E-state index in [4.69, 9.17) is 9.63 Å². The molecule has 6 heteroatoms. The highest BCUT2D eigenvalue weighted by Gasteiger charge is 2.10. The van der Waals surface area contributed by atoms with E-state index in [0.717, 1.165) is 30.4 Å². The lowest BCUT2D eigenvalue weighted by Gasteiger charge is -2.01. The van der Waals surface area contributed by atoms with Crippen LogP contribution in [0.25, 0.3) is 0 Å². The Hall–Kier alpha value is -1.53. The predicted molar refractivity (Wildman–Crippen MR) is 80.8 cm³/mol. The van der Waals surface area contributed by atoms with E-state index in [-0.39, 0.29) is 6.61 Å². The summed E-state index contributed by atoms with van der Waals surface area (Å²) in [7, 11) is -1.07. The van der Waals surface area contributed by atoms with Gasteiger partial charge < -0.3 is 9.63 Å². The second-order valence-electron chi connectivity index (χ2n) is 4.91. The van der Waals surface area contributed by atoms with Crippen LogP contribution in [0.5, 0.6) is 0 Å². The minimum absolute atomic E-state index is 0.0206. The van der Waals surface area contributed by atoms with Crippen LogP contribution >= 0.6 is 0 Å². The van der Waals surface area contributed by atoms with E-state index >= 15 is 0 Å². The average molecular weight is 308 g/mol. The van der Waals surface area contributed by atoms with Gasteiger partial charge in [0, 0.05) is 23.0 Å². The first-order valence-electron chi connectivity index (χ1n) is 7.06. The van der Waals surface area contributed by atoms with E-state index in [1.807, 2.05) is 24.3 Å². The fourth-order valence-electron chi connectivity index (χ4n) is 1.90. The Morgan fingerprint density at radius 2 is 1.90 bits per heavy atom. The average Bonchev–Trinajstić information content (AvgIpc) is 2.93. The zero-order chi connectivity index (χ0) is 15.1. The van der Waals surface area contributed by atoms with Crippen molar-refractivity contribution in [2.45, 2.75) is 44.3 Å². The number of hydrogen-bond acceptors (Lipinski definition) is 5. The summed E-state index contributed by atoms with van der Waals surface area (Å²) in [6.07, 6.45) is 2.87. The number of aliphatic hydroxyl groups is 1. The Balaban J connectivity index is 1.87. The zero-order valence-corrected chi connectivity index (χ0v) is 12.9. The molecule has 2 rings (SSSR count). The minimum Gasteiger partial charge on any atom is -0.392 e. The highest BCUT2D eigenvalue weighted by Crippen LogP contribution is 2.10. The Labute approximate surface area is 126 Å². The van der Waals surface area contributed by atoms with E-state index in [0.29, 0.717) is 23.2 Å². The van der Waals surface area contributed by atoms with Gasteiger partial charge in [-0.3, -0.25) is 4.21 Å². The van der Waals surface area contributed by atoms with Gasteiger partial charge in [0.1, 0.15) is 0 Å². The highest BCUT2D eigenvalue weighted by atomic mass is 32.2. The Morgan fingerprint density at radius 3 is 2.57 bits per heavy atom. The third kappa shape index (κ3) is 5.06. The molecule has 5 nitrogen and oxygen atoms in total. The molecule has 0 aliphatic heterocycles. The maximum absolute atomic E-state index is 12.1. The molecule has 0 aliphatic rings. The van der Waals surface area contributed by atoms with E-state index in [1.54, 1.807) is 0 Å². The number of aryl methyl sites for hydroxylation is 1. The van der Waals surface area contributed by atoms with Crippen molar-refractivity contribution in [2.75, 3.05) is 0 Å². The van der Waals surface area contributed by atoms with Crippen LogP contribution in [-0.4, -0.2) is 19.5 Å². The van der Waals surface area contributed by atoms with Gasteiger partial charge in [-0.1, -0.05) is 42.8 Å². The van der Waals surface area contributed by atoms with Gasteiger partial charge in [0.25, 0.3) is 0 Å². The zero-order valence-electron chi connectivity index (χ0n) is 12.1. The third-order valence-electron chi connectivity index (χ3n) is 3.08. The van der Waals surface area contributed by atoms with Crippen LogP contribution < -0.4 is 0 Å². The number of hydrogen-bond donors (Lipinski definition) is 1. The first kappa shape index (κ1) is 15.9. The smallest absolute Gasteiger partial charge is 0.226 e. The summed E-state index contributed by atoms with van der Waals surface area (Å²) in [6.45, 7) is 2.13. The lowest BCUT2D eigenvalue weighted by Crippen LogP contribution is -2.01. The van der Waals surface area contributed by atoms with Crippen molar-refractivity contribution in [1.82, 2.24) is 10.1 Å². The van der Waals surface area contributed by atoms with Crippen molar-refractivity contribution in [2.24, 2.45) is 0 Å². The molecule has 0 spiro atoms. The van der Waals surface area contributed by atoms with Gasteiger partial charge in [-0.2, -0.15) is 4.98 Å². The molecule has 114 valence electrons. The molecule has 1 atom stereocenters. The standard InChI is InChI=1S/C15H20N2O3S/c1-2-3-4-15-16-14(17-20-15)11-21(19)10-13-7-5-12(9-18)6-8-13/h5-8,18H,2-4,9-11H2,1H3. The summed E-state index contributed by atoms with van der Waals surface area (Å²) in [4.78, 5) is 4.25. The van der Waals surface area contributed by atoms with Gasteiger partial charge in [0.15, 0.2) is 5.82 Å². The second kappa shape index (κ2) is 8.05. The summed E-state index contributed by atoms with van der Waals surface area (Å²) in [5.41, 5.74) is 1.82. The lowest BCUT2D eigenvalue weighted by atomic mass is 10.2. The molecule has 2 aromatic rings. The predicted octanol–water partition coefficient (Wildman–Crippen LogP) is 2.35. The molecule has 0 radical (unpaired) electrons. The molecule has 0 amide bonds. The van der Waals surface area contributed by atoms with Gasteiger partial charge >= 0.3 is 0 Å². The SMILES string of the molecule is CCCCc1nc(CS(=O)Cc2ccc(CO)cc2)no1. The van der Waals surface area contributed by atoms with Crippen LogP contribution in [0.1, 0.15) is 42.6 Å². The molecule has 0 saturated heterocycles. The molecule has 1 aromatic heterocycles. The molecule has 0 saturated carbocycles. The summed E-state index contributed by atoms with van der Waals surface area (Å²) < 4.78 is 17.2. The summed E-state index contributed by atoms with van der Waals surface area (Å²) in [6, 6.07) is 7.44. The third-order valence-corrected chi connectivity index (χ3v) is 4.31. The van der Waals surface area contributed by atoms with Gasteiger partial charge in [-0.05, 0) is 17.5 Å². The molecule has 1 N–H and O–H groups in total. The van der Waals surface area contributed by atoms with Crippen LogP contribution in [0.3, 0.4) is 0 Å². The number of aliphatic hydroxyl groups excluding tert-OH is 1. The van der Waals surface area contributed by atoms with Gasteiger partial charge in [-0.15, -0.1) is 0 Å². The van der Waals surface area contributed by atoms with Crippen molar-refractivity contribution < 1.29 is 13.8 Å².